The van der Waals surface area contributed by atoms with Gasteiger partial charge in [0, 0.05) is 18.7 Å². The first-order valence-electron chi connectivity index (χ1n) is 8.35. The Balaban J connectivity index is 1.94. The van der Waals surface area contributed by atoms with E-state index in [0.717, 1.165) is 30.5 Å². The molecule has 0 saturated carbocycles. The summed E-state index contributed by atoms with van der Waals surface area (Å²) >= 11 is 0. The van der Waals surface area contributed by atoms with Gasteiger partial charge in [-0.25, -0.2) is 9.78 Å². The van der Waals surface area contributed by atoms with Gasteiger partial charge in [-0.05, 0) is 36.6 Å². The molecular weight excluding hydrogens is 336 g/mol. The lowest BCUT2D eigenvalue weighted by Gasteiger charge is -2.21. The minimum absolute atomic E-state index is 0.0465. The maximum absolute atomic E-state index is 11.2. The number of nitrogens with zero attached hydrogens (tertiary/aromatic N) is 2. The van der Waals surface area contributed by atoms with Crippen molar-refractivity contribution in [2.45, 2.75) is 12.8 Å². The van der Waals surface area contributed by atoms with E-state index in [0.29, 0.717) is 29.6 Å². The third kappa shape index (κ3) is 3.24. The highest BCUT2D eigenvalue weighted by Gasteiger charge is 2.24. The molecule has 0 aliphatic carbocycles. The van der Waals surface area contributed by atoms with Crippen LogP contribution in [0.2, 0.25) is 0 Å². The summed E-state index contributed by atoms with van der Waals surface area (Å²) in [5.74, 6) is 1.56. The predicted octanol–water partition coefficient (Wildman–Crippen LogP) is 2.41. The lowest BCUT2D eigenvalue weighted by atomic mass is 10.0. The van der Waals surface area contributed by atoms with Crippen molar-refractivity contribution in [1.82, 2.24) is 4.98 Å². The van der Waals surface area contributed by atoms with Gasteiger partial charge in [0.05, 0.1) is 21.3 Å². The number of anilines is 1. The average Bonchev–Trinajstić information content (AvgIpc) is 2.88. The molecule has 7 heteroatoms. The molecule has 2 heterocycles. The average molecular weight is 358 g/mol. The van der Waals surface area contributed by atoms with Crippen LogP contribution in [-0.2, 0) is 12.8 Å². The van der Waals surface area contributed by atoms with Gasteiger partial charge in [-0.15, -0.1) is 0 Å². The minimum atomic E-state index is -1.03. The highest BCUT2D eigenvalue weighted by atomic mass is 16.5. The zero-order valence-corrected chi connectivity index (χ0v) is 15.1. The van der Waals surface area contributed by atoms with Crippen molar-refractivity contribution < 1.29 is 24.1 Å². The van der Waals surface area contributed by atoms with Gasteiger partial charge in [-0.3, -0.25) is 0 Å². The third-order valence-corrected chi connectivity index (χ3v) is 4.59. The summed E-state index contributed by atoms with van der Waals surface area (Å²) in [6.45, 7) is 1.43. The van der Waals surface area contributed by atoms with Gasteiger partial charge in [-0.2, -0.15) is 0 Å². The lowest BCUT2D eigenvalue weighted by Crippen LogP contribution is -2.27. The first kappa shape index (κ1) is 17.8. The maximum atomic E-state index is 11.2. The van der Waals surface area contributed by atoms with Gasteiger partial charge in [0.15, 0.2) is 17.2 Å². The van der Waals surface area contributed by atoms with E-state index in [1.807, 2.05) is 12.1 Å². The number of hydrogen-bond acceptors (Lipinski definition) is 6. The Bertz CT molecular complexity index is 822. The fraction of sp³-hybridized carbons (Fsp3) is 0.368. The largest absolute Gasteiger partial charge is 0.493 e. The van der Waals surface area contributed by atoms with Crippen molar-refractivity contribution >= 4 is 11.8 Å². The van der Waals surface area contributed by atoms with E-state index < -0.39 is 5.97 Å². The van der Waals surface area contributed by atoms with Gasteiger partial charge in [0.25, 0.3) is 0 Å². The molecule has 0 atom stereocenters. The molecule has 0 radical (unpaired) electrons. The summed E-state index contributed by atoms with van der Waals surface area (Å²) in [7, 11) is 4.82. The monoisotopic (exact) mass is 358 g/mol. The highest BCUT2D eigenvalue weighted by Crippen LogP contribution is 2.43. The molecule has 3 rings (SSSR count). The molecule has 7 nitrogen and oxygen atoms in total. The first-order valence-corrected chi connectivity index (χ1v) is 8.35. The number of carboxylic acid groups (broad SMARTS) is 1. The smallest absolute Gasteiger partial charge is 0.354 e. The number of fused-ring (bicyclic) bond motifs is 1. The van der Waals surface area contributed by atoms with E-state index in [4.69, 9.17) is 19.3 Å². The number of aromatic nitrogens is 1. The second kappa shape index (κ2) is 7.51. The summed E-state index contributed by atoms with van der Waals surface area (Å²) in [4.78, 5) is 17.5. The van der Waals surface area contributed by atoms with Gasteiger partial charge < -0.3 is 24.2 Å². The molecule has 2 aromatic rings. The highest BCUT2D eigenvalue weighted by molar-refractivity contribution is 5.85. The predicted molar refractivity (Wildman–Crippen MR) is 96.9 cm³/mol. The zero-order valence-electron chi connectivity index (χ0n) is 15.1. The number of aromatic carboxylic acids is 1. The van der Waals surface area contributed by atoms with Crippen molar-refractivity contribution in [2.24, 2.45) is 0 Å². The molecule has 0 spiro atoms. The number of carbonyl (C=O) groups is 1. The van der Waals surface area contributed by atoms with Crippen LogP contribution in [0.4, 0.5) is 5.82 Å². The molecule has 1 aliphatic heterocycles. The van der Waals surface area contributed by atoms with Crippen molar-refractivity contribution in [3.63, 3.8) is 0 Å². The van der Waals surface area contributed by atoms with Crippen LogP contribution < -0.4 is 19.1 Å². The second-order valence-corrected chi connectivity index (χ2v) is 5.96. The summed E-state index contributed by atoms with van der Waals surface area (Å²) in [5.41, 5.74) is 2.27. The zero-order chi connectivity index (χ0) is 18.7. The normalized spacial score (nSPS) is 13.6. The number of ether oxygens (including phenoxy) is 3. The first-order chi connectivity index (χ1) is 12.6. The standard InChI is InChI=1S/C19H22N2O5/c1-24-15-11-12-7-9-21(16-6-4-5-14(20-16)19(22)23)10-8-13(12)17(25-2)18(15)26-3/h4-6,11H,7-10H2,1-3H3,(H,22,23). The summed E-state index contributed by atoms with van der Waals surface area (Å²) in [5, 5.41) is 9.16. The van der Waals surface area contributed by atoms with Gasteiger partial charge in [-0.1, -0.05) is 6.07 Å². The molecule has 1 N–H and O–H groups in total. The molecule has 0 bridgehead atoms. The molecule has 1 aromatic heterocycles. The van der Waals surface area contributed by atoms with Gasteiger partial charge in [0.2, 0.25) is 5.75 Å². The number of hydrogen-bond donors (Lipinski definition) is 1. The van der Waals surface area contributed by atoms with Crippen LogP contribution in [-0.4, -0.2) is 50.5 Å². The van der Waals surface area contributed by atoms with E-state index in [2.05, 4.69) is 9.88 Å². The number of methoxy groups -OCH3 is 3. The fourth-order valence-electron chi connectivity index (χ4n) is 3.33. The molecule has 0 fully saturated rings. The van der Waals surface area contributed by atoms with Crippen LogP contribution in [0.5, 0.6) is 17.2 Å². The Morgan fingerprint density at radius 2 is 1.81 bits per heavy atom. The van der Waals surface area contributed by atoms with Crippen LogP contribution >= 0.6 is 0 Å². The van der Waals surface area contributed by atoms with Crippen LogP contribution in [0.3, 0.4) is 0 Å². The van der Waals surface area contributed by atoms with Crippen molar-refractivity contribution in [1.29, 1.82) is 0 Å². The molecule has 138 valence electrons. The van der Waals surface area contributed by atoms with Gasteiger partial charge in [0.1, 0.15) is 5.82 Å². The Kier molecular flexibility index (Phi) is 5.16. The Morgan fingerprint density at radius 1 is 1.08 bits per heavy atom. The minimum Gasteiger partial charge on any atom is -0.493 e. The van der Waals surface area contributed by atoms with Crippen LogP contribution in [0.15, 0.2) is 24.3 Å². The topological polar surface area (TPSA) is 81.1 Å². The molecule has 0 amide bonds. The second-order valence-electron chi connectivity index (χ2n) is 5.96. The third-order valence-electron chi connectivity index (χ3n) is 4.59. The Labute approximate surface area is 152 Å². The number of rotatable bonds is 5. The molecule has 1 aliphatic rings. The number of benzene rings is 1. The van der Waals surface area contributed by atoms with E-state index in [9.17, 15) is 4.79 Å². The number of pyridine rings is 1. The molecule has 1 aromatic carbocycles. The van der Waals surface area contributed by atoms with E-state index in [-0.39, 0.29) is 5.69 Å². The summed E-state index contributed by atoms with van der Waals surface area (Å²) in [6.07, 6.45) is 1.50. The number of carboxylic acids is 1. The fourth-order valence-corrected chi connectivity index (χ4v) is 3.33. The van der Waals surface area contributed by atoms with Gasteiger partial charge >= 0.3 is 5.97 Å². The van der Waals surface area contributed by atoms with Crippen LogP contribution in [0.25, 0.3) is 0 Å². The Morgan fingerprint density at radius 3 is 2.46 bits per heavy atom. The van der Waals surface area contributed by atoms with E-state index >= 15 is 0 Å². The lowest BCUT2D eigenvalue weighted by molar-refractivity contribution is 0.0690. The van der Waals surface area contributed by atoms with Crippen molar-refractivity contribution in [3.8, 4) is 17.2 Å². The maximum Gasteiger partial charge on any atom is 0.354 e. The van der Waals surface area contributed by atoms with Crippen LogP contribution in [0.1, 0.15) is 21.6 Å². The quantitative estimate of drug-likeness (QED) is 0.879. The summed E-state index contributed by atoms with van der Waals surface area (Å²) in [6, 6.07) is 7.04. The van der Waals surface area contributed by atoms with Crippen LogP contribution in [0, 0.1) is 0 Å². The molecule has 0 unspecified atom stereocenters. The molecule has 26 heavy (non-hydrogen) atoms. The summed E-state index contributed by atoms with van der Waals surface area (Å²) < 4.78 is 16.5. The van der Waals surface area contributed by atoms with E-state index in [1.54, 1.807) is 27.4 Å². The SMILES string of the molecule is COc1cc2c(c(OC)c1OC)CCN(c1cccc(C(=O)O)n1)CC2. The van der Waals surface area contributed by atoms with E-state index in [1.165, 1.54) is 6.07 Å². The van der Waals surface area contributed by atoms with Crippen molar-refractivity contribution in [2.75, 3.05) is 39.3 Å². The molecule has 0 saturated heterocycles. The Hall–Kier alpha value is -2.96. The molecular formula is C19H22N2O5. The van der Waals surface area contributed by atoms with Crippen molar-refractivity contribution in [3.05, 3.63) is 41.1 Å².